The van der Waals surface area contributed by atoms with Gasteiger partial charge >= 0.3 is 0 Å². The number of fused-ring (bicyclic) bond motifs is 1. The van der Waals surface area contributed by atoms with Crippen LogP contribution in [0.25, 0.3) is 0 Å². The lowest BCUT2D eigenvalue weighted by molar-refractivity contribution is 0.0536. The van der Waals surface area contributed by atoms with Gasteiger partial charge in [-0.2, -0.15) is 0 Å². The maximum atomic E-state index is 11.1. The topological polar surface area (TPSA) is 32.8 Å². The Balaban J connectivity index is 2.64. The molecule has 2 aliphatic rings. The minimum Gasteiger partial charge on any atom is -0.359 e. The Hall–Kier alpha value is -0.600. The third-order valence-electron chi connectivity index (χ3n) is 4.58. The van der Waals surface area contributed by atoms with Crippen LogP contribution in [0, 0.1) is 16.2 Å². The minimum atomic E-state index is -1.14. The number of aliphatic hydroxyl groups is 1. The molecule has 2 heteroatoms. The second-order valence-electron chi connectivity index (χ2n) is 9.39. The van der Waals surface area contributed by atoms with Gasteiger partial charge in [-0.25, -0.2) is 0 Å². The third-order valence-corrected chi connectivity index (χ3v) is 4.58. The van der Waals surface area contributed by atoms with Crippen LogP contribution in [0.3, 0.4) is 0 Å². The van der Waals surface area contributed by atoms with Gasteiger partial charge in [0, 0.05) is 5.41 Å². The van der Waals surface area contributed by atoms with E-state index in [0.717, 1.165) is 5.57 Å². The van der Waals surface area contributed by atoms with E-state index in [1.165, 1.54) is 5.57 Å². The molecule has 0 aromatic rings. The number of hydrogen-bond donors (Lipinski definition) is 1. The van der Waals surface area contributed by atoms with E-state index < -0.39 is 11.4 Å². The van der Waals surface area contributed by atoms with Crippen molar-refractivity contribution < 1.29 is 9.84 Å². The standard InChI is InChI=1S/C18H30O2/c1-14(2,3)12-10-13(15(4,5)6)18(19)17(11-12,20-18)16(7,8)9/h10-11,19H,1-9H3. The molecule has 20 heavy (non-hydrogen) atoms. The summed E-state index contributed by atoms with van der Waals surface area (Å²) < 4.78 is 5.99. The Kier molecular flexibility index (Phi) is 2.98. The first-order valence-corrected chi connectivity index (χ1v) is 7.54. The lowest BCUT2D eigenvalue weighted by Crippen LogP contribution is -2.43. The van der Waals surface area contributed by atoms with Crippen LogP contribution in [0.2, 0.25) is 0 Å². The Morgan fingerprint density at radius 2 is 1.40 bits per heavy atom. The largest absolute Gasteiger partial charge is 0.359 e. The molecule has 0 amide bonds. The highest BCUT2D eigenvalue weighted by Crippen LogP contribution is 2.66. The Morgan fingerprint density at radius 1 is 0.900 bits per heavy atom. The first kappa shape index (κ1) is 15.8. The van der Waals surface area contributed by atoms with Crippen molar-refractivity contribution in [1.29, 1.82) is 0 Å². The highest BCUT2D eigenvalue weighted by Gasteiger charge is 2.77. The summed E-state index contributed by atoms with van der Waals surface area (Å²) in [6.45, 7) is 19.4. The second-order valence-corrected chi connectivity index (χ2v) is 9.39. The third kappa shape index (κ3) is 2.00. The molecule has 0 radical (unpaired) electrons. The van der Waals surface area contributed by atoms with Gasteiger partial charge in [-0.1, -0.05) is 68.4 Å². The summed E-state index contributed by atoms with van der Waals surface area (Å²) in [5, 5.41) is 11.1. The zero-order valence-electron chi connectivity index (χ0n) is 14.5. The molecule has 1 aliphatic heterocycles. The van der Waals surface area contributed by atoms with Crippen LogP contribution in [0.4, 0.5) is 0 Å². The first-order chi connectivity index (χ1) is 8.65. The van der Waals surface area contributed by atoms with Gasteiger partial charge < -0.3 is 9.84 Å². The Labute approximate surface area is 123 Å². The second kappa shape index (κ2) is 3.78. The fourth-order valence-electron chi connectivity index (χ4n) is 3.14. The van der Waals surface area contributed by atoms with Crippen LogP contribution in [0.5, 0.6) is 0 Å². The number of ether oxygens (including phenoxy) is 1. The minimum absolute atomic E-state index is 0.0437. The lowest BCUT2D eigenvalue weighted by Gasteiger charge is -2.37. The van der Waals surface area contributed by atoms with E-state index >= 15 is 0 Å². The van der Waals surface area contributed by atoms with E-state index in [4.69, 9.17) is 4.74 Å². The molecule has 2 atom stereocenters. The predicted molar refractivity (Wildman–Crippen MR) is 83.3 cm³/mol. The molecule has 114 valence electrons. The molecule has 0 bridgehead atoms. The maximum absolute atomic E-state index is 11.1. The van der Waals surface area contributed by atoms with Gasteiger partial charge in [-0.05, 0) is 28.1 Å². The van der Waals surface area contributed by atoms with Gasteiger partial charge in [0.25, 0.3) is 0 Å². The highest BCUT2D eigenvalue weighted by atomic mass is 16.8. The summed E-state index contributed by atoms with van der Waals surface area (Å²) in [4.78, 5) is 0. The van der Waals surface area contributed by atoms with Crippen LogP contribution in [-0.4, -0.2) is 16.5 Å². The van der Waals surface area contributed by atoms with Crippen molar-refractivity contribution in [1.82, 2.24) is 0 Å². The van der Waals surface area contributed by atoms with E-state index in [-0.39, 0.29) is 16.2 Å². The van der Waals surface area contributed by atoms with Crippen molar-refractivity contribution in [2.45, 2.75) is 73.7 Å². The molecule has 1 aliphatic carbocycles. The quantitative estimate of drug-likeness (QED) is 0.664. The summed E-state index contributed by atoms with van der Waals surface area (Å²) in [7, 11) is 0. The number of rotatable bonds is 0. The molecular formula is C18H30O2. The number of epoxide rings is 1. The van der Waals surface area contributed by atoms with Gasteiger partial charge in [-0.3, -0.25) is 0 Å². The molecule has 1 heterocycles. The maximum Gasteiger partial charge on any atom is 0.224 e. The molecule has 0 spiro atoms. The average Bonchev–Trinajstić information content (AvgIpc) is 2.79. The SMILES string of the molecule is CC(C)(C)C1=CC2(C(C)(C)C)OC2(O)C(C(C)(C)C)=C1. The fraction of sp³-hybridized carbons (Fsp3) is 0.778. The number of hydrogen-bond acceptors (Lipinski definition) is 2. The molecule has 0 saturated carbocycles. The van der Waals surface area contributed by atoms with Gasteiger partial charge in [-0.15, -0.1) is 0 Å². The summed E-state index contributed by atoms with van der Waals surface area (Å²) in [6.07, 6.45) is 4.30. The van der Waals surface area contributed by atoms with E-state index in [2.05, 4.69) is 74.5 Å². The van der Waals surface area contributed by atoms with Crippen molar-refractivity contribution >= 4 is 0 Å². The van der Waals surface area contributed by atoms with Crippen molar-refractivity contribution in [2.75, 3.05) is 0 Å². The number of allylic oxidation sites excluding steroid dienone is 2. The molecule has 2 rings (SSSR count). The zero-order valence-corrected chi connectivity index (χ0v) is 14.5. The molecule has 1 saturated heterocycles. The van der Waals surface area contributed by atoms with Gasteiger partial charge in [0.05, 0.1) is 0 Å². The van der Waals surface area contributed by atoms with Crippen LogP contribution < -0.4 is 0 Å². The van der Waals surface area contributed by atoms with E-state index in [0.29, 0.717) is 0 Å². The Bertz CT molecular complexity index is 491. The summed E-state index contributed by atoms with van der Waals surface area (Å²) in [5.74, 6) is -1.14. The van der Waals surface area contributed by atoms with Crippen molar-refractivity contribution in [3.8, 4) is 0 Å². The molecular weight excluding hydrogens is 248 g/mol. The smallest absolute Gasteiger partial charge is 0.224 e. The van der Waals surface area contributed by atoms with Crippen molar-refractivity contribution in [2.24, 2.45) is 16.2 Å². The summed E-state index contributed by atoms with van der Waals surface area (Å²) in [5.41, 5.74) is 1.42. The highest BCUT2D eigenvalue weighted by molar-refractivity contribution is 5.51. The van der Waals surface area contributed by atoms with Gasteiger partial charge in [0.2, 0.25) is 5.79 Å². The van der Waals surface area contributed by atoms with Crippen molar-refractivity contribution in [3.05, 3.63) is 23.3 Å². The van der Waals surface area contributed by atoms with Gasteiger partial charge in [0.15, 0.2) is 5.60 Å². The molecule has 2 unspecified atom stereocenters. The van der Waals surface area contributed by atoms with Gasteiger partial charge in [0.1, 0.15) is 0 Å². The zero-order chi connectivity index (χ0) is 15.8. The van der Waals surface area contributed by atoms with Crippen LogP contribution in [0.15, 0.2) is 23.3 Å². The summed E-state index contributed by atoms with van der Waals surface area (Å²) >= 11 is 0. The average molecular weight is 278 g/mol. The van der Waals surface area contributed by atoms with E-state index in [1.807, 2.05) is 0 Å². The monoisotopic (exact) mass is 278 g/mol. The Morgan fingerprint density at radius 3 is 1.75 bits per heavy atom. The van der Waals surface area contributed by atoms with Crippen LogP contribution in [0.1, 0.15) is 62.3 Å². The predicted octanol–water partition coefficient (Wildman–Crippen LogP) is 4.45. The molecule has 1 fully saturated rings. The molecule has 0 aromatic carbocycles. The van der Waals surface area contributed by atoms with E-state index in [9.17, 15) is 5.11 Å². The molecule has 2 nitrogen and oxygen atoms in total. The summed E-state index contributed by atoms with van der Waals surface area (Å²) in [6, 6.07) is 0. The van der Waals surface area contributed by atoms with Crippen LogP contribution >= 0.6 is 0 Å². The normalized spacial score (nSPS) is 34.3. The van der Waals surface area contributed by atoms with E-state index in [1.54, 1.807) is 0 Å². The first-order valence-electron chi connectivity index (χ1n) is 7.54. The fourth-order valence-corrected chi connectivity index (χ4v) is 3.14. The lowest BCUT2D eigenvalue weighted by atomic mass is 9.65. The van der Waals surface area contributed by atoms with Crippen molar-refractivity contribution in [3.63, 3.8) is 0 Å². The van der Waals surface area contributed by atoms with Crippen LogP contribution in [-0.2, 0) is 4.74 Å². The molecule has 0 aromatic heterocycles. The molecule has 1 N–H and O–H groups in total.